The van der Waals surface area contributed by atoms with Crippen LogP contribution >= 0.6 is 27.5 Å². The van der Waals surface area contributed by atoms with Gasteiger partial charge in [-0.1, -0.05) is 65.7 Å². The number of carbonyl (C=O) groups is 4. The number of hydrogen-bond acceptors (Lipinski definition) is 7. The first-order valence-electron chi connectivity index (χ1n) is 15.4. The van der Waals surface area contributed by atoms with Crippen molar-refractivity contribution in [1.29, 1.82) is 0 Å². The van der Waals surface area contributed by atoms with Gasteiger partial charge in [-0.2, -0.15) is 0 Å². The molecule has 1 aromatic rings. The molecule has 0 aliphatic carbocycles. The van der Waals surface area contributed by atoms with Crippen LogP contribution < -0.4 is 10.2 Å². The number of amides is 3. The van der Waals surface area contributed by atoms with Crippen LogP contribution in [0.5, 0.6) is 0 Å². The third kappa shape index (κ3) is 6.87. The molecule has 10 nitrogen and oxygen atoms in total. The number of anilines is 1. The van der Waals surface area contributed by atoms with Crippen molar-refractivity contribution in [1.82, 2.24) is 10.2 Å². The first-order valence-corrected chi connectivity index (χ1v) is 16.7. The number of halogens is 2. The lowest BCUT2D eigenvalue weighted by Crippen LogP contribution is -2.59. The number of aliphatic hydroxyl groups is 1. The van der Waals surface area contributed by atoms with E-state index in [4.69, 9.17) is 21.1 Å². The van der Waals surface area contributed by atoms with E-state index >= 15 is 0 Å². The maximum Gasteiger partial charge on any atom is 0.312 e. The van der Waals surface area contributed by atoms with E-state index in [1.807, 2.05) is 13.8 Å². The molecule has 8 atom stereocenters. The minimum Gasteiger partial charge on any atom is -0.460 e. The predicted molar refractivity (Wildman–Crippen MR) is 175 cm³/mol. The Morgan fingerprint density at radius 2 is 1.98 bits per heavy atom. The molecule has 12 heteroatoms. The highest BCUT2D eigenvalue weighted by Gasteiger charge is 2.77. The molecule has 3 amide bonds. The van der Waals surface area contributed by atoms with Crippen LogP contribution in [-0.2, 0) is 28.7 Å². The smallest absolute Gasteiger partial charge is 0.312 e. The van der Waals surface area contributed by atoms with E-state index in [1.165, 1.54) is 9.80 Å². The number of rotatable bonds is 15. The number of esters is 1. The maximum atomic E-state index is 14.7. The predicted octanol–water partition coefficient (Wildman–Crippen LogP) is 4.03. The fraction of sp³-hybridized carbons (Fsp3) is 0.576. The van der Waals surface area contributed by atoms with Crippen LogP contribution in [0.25, 0.3) is 0 Å². The number of aliphatic hydroxyl groups excluding tert-OH is 1. The number of alkyl halides is 1. The third-order valence-electron chi connectivity index (χ3n) is 8.78. The average Bonchev–Trinajstić information content (AvgIpc) is 3.59. The second-order valence-electron chi connectivity index (χ2n) is 12.4. The van der Waals surface area contributed by atoms with Gasteiger partial charge in [0.05, 0.1) is 47.8 Å². The van der Waals surface area contributed by atoms with Crippen molar-refractivity contribution in [3.63, 3.8) is 0 Å². The molecule has 1 aromatic carbocycles. The second-order valence-corrected chi connectivity index (χ2v) is 14.0. The van der Waals surface area contributed by atoms with E-state index in [2.05, 4.69) is 34.4 Å². The van der Waals surface area contributed by atoms with Gasteiger partial charge in [-0.25, -0.2) is 0 Å². The average molecular weight is 709 g/mol. The number of nitrogens with one attached hydrogen (secondary N) is 1. The molecule has 1 spiro atoms. The van der Waals surface area contributed by atoms with Gasteiger partial charge >= 0.3 is 5.97 Å². The molecule has 3 saturated heterocycles. The third-order valence-corrected chi connectivity index (χ3v) is 9.95. The summed E-state index contributed by atoms with van der Waals surface area (Å²) in [6.07, 6.45) is 3.37. The van der Waals surface area contributed by atoms with Crippen molar-refractivity contribution in [2.45, 2.75) is 81.2 Å². The van der Waals surface area contributed by atoms with E-state index in [9.17, 15) is 24.3 Å². The van der Waals surface area contributed by atoms with Crippen LogP contribution in [0.4, 0.5) is 5.69 Å². The van der Waals surface area contributed by atoms with Gasteiger partial charge in [0.15, 0.2) is 0 Å². The second kappa shape index (κ2) is 14.8. The summed E-state index contributed by atoms with van der Waals surface area (Å²) < 4.78 is 12.4. The Morgan fingerprint density at radius 3 is 2.60 bits per heavy atom. The van der Waals surface area contributed by atoms with Gasteiger partial charge in [-0.05, 0) is 44.2 Å². The van der Waals surface area contributed by atoms with Crippen LogP contribution in [0.1, 0.15) is 46.5 Å². The fourth-order valence-electron chi connectivity index (χ4n) is 6.98. The van der Waals surface area contributed by atoms with Crippen molar-refractivity contribution in [3.05, 3.63) is 54.6 Å². The highest BCUT2D eigenvalue weighted by atomic mass is 79.9. The Labute approximate surface area is 278 Å². The summed E-state index contributed by atoms with van der Waals surface area (Å²) in [4.78, 5) is 57.7. The summed E-state index contributed by atoms with van der Waals surface area (Å²) in [6, 6.07) is 5.08. The number of likely N-dealkylation sites (tertiary alicyclic amines) is 1. The van der Waals surface area contributed by atoms with E-state index in [0.717, 1.165) is 0 Å². The zero-order valence-electron chi connectivity index (χ0n) is 26.0. The Bertz CT molecular complexity index is 1310. The maximum absolute atomic E-state index is 14.7. The normalized spacial score (nSPS) is 28.0. The molecule has 1 unspecified atom stereocenters. The lowest BCUT2D eigenvalue weighted by atomic mass is 9.70. The highest BCUT2D eigenvalue weighted by molar-refractivity contribution is 9.09. The highest BCUT2D eigenvalue weighted by Crippen LogP contribution is 2.61. The molecule has 246 valence electrons. The van der Waals surface area contributed by atoms with Crippen molar-refractivity contribution in [3.8, 4) is 0 Å². The van der Waals surface area contributed by atoms with Gasteiger partial charge in [-0.15, -0.1) is 13.2 Å². The molecule has 3 aliphatic heterocycles. The number of ether oxygens (including phenoxy) is 2. The van der Waals surface area contributed by atoms with E-state index < -0.39 is 59.5 Å². The van der Waals surface area contributed by atoms with Crippen LogP contribution in [0.2, 0.25) is 5.02 Å². The van der Waals surface area contributed by atoms with Gasteiger partial charge in [-0.3, -0.25) is 19.2 Å². The minimum absolute atomic E-state index is 0.0981. The van der Waals surface area contributed by atoms with Crippen LogP contribution in [0.15, 0.2) is 49.6 Å². The molecule has 2 N–H and O–H groups in total. The monoisotopic (exact) mass is 707 g/mol. The molecule has 4 rings (SSSR count). The summed E-state index contributed by atoms with van der Waals surface area (Å²) >= 11 is 10.2. The van der Waals surface area contributed by atoms with Gasteiger partial charge < -0.3 is 29.7 Å². The number of fused-ring (bicyclic) bond motifs is 1. The van der Waals surface area contributed by atoms with Crippen molar-refractivity contribution >= 4 is 56.9 Å². The first-order chi connectivity index (χ1) is 21.4. The Morgan fingerprint density at radius 1 is 1.27 bits per heavy atom. The Hall–Kier alpha value is -2.73. The lowest BCUT2D eigenvalue weighted by Gasteiger charge is -2.40. The first kappa shape index (κ1) is 35.1. The summed E-state index contributed by atoms with van der Waals surface area (Å²) in [7, 11) is 0. The molecular formula is C33H43BrClN3O7. The van der Waals surface area contributed by atoms with E-state index in [-0.39, 0.29) is 42.8 Å². The zero-order valence-corrected chi connectivity index (χ0v) is 28.3. The standard InChI is InChI=1S/C33H43BrClN3O7/c1-6-8-13-25(40)36-17-20(5)44-32(43)26-27-30(41)38(21(18-39)15-19(3)4)29(33(27)16-22(34)28(26)45-33)31(42)37(14-7-2)24-12-10-9-11-23(24)35/h6-7,9-12,19-22,26-29,39H,1-2,8,13-18H2,3-5H3,(H,36,40)/t20-,21-,22?,26+,27-,28+,29+,33-/m1/s1. The van der Waals surface area contributed by atoms with Gasteiger partial charge in [0.1, 0.15) is 17.7 Å². The van der Waals surface area contributed by atoms with Gasteiger partial charge in [0.25, 0.3) is 5.91 Å². The Balaban J connectivity index is 1.71. The van der Waals surface area contributed by atoms with Crippen LogP contribution in [0, 0.1) is 17.8 Å². The van der Waals surface area contributed by atoms with Gasteiger partial charge in [0, 0.05) is 17.8 Å². The SMILES string of the molecule is C=CCCC(=O)NC[C@@H](C)OC(=O)[C@@H]1[C@H]2O[C@@]3(CC2Br)[C@H](C(=O)N(CC=C)c2ccccc2Cl)N([C@@H](CO)CC(C)C)C(=O)[C@@H]13. The van der Waals surface area contributed by atoms with Gasteiger partial charge in [0.2, 0.25) is 11.8 Å². The van der Waals surface area contributed by atoms with E-state index in [0.29, 0.717) is 30.0 Å². The quantitative estimate of drug-likeness (QED) is 0.160. The fourth-order valence-corrected chi connectivity index (χ4v) is 8.16. The number of para-hydroxylation sites is 1. The van der Waals surface area contributed by atoms with Crippen LogP contribution in [0.3, 0.4) is 0 Å². The topological polar surface area (TPSA) is 125 Å². The molecule has 0 aromatic heterocycles. The molecule has 3 fully saturated rings. The molecule has 45 heavy (non-hydrogen) atoms. The zero-order chi connectivity index (χ0) is 33.1. The molecule has 0 radical (unpaired) electrons. The number of hydrogen-bond donors (Lipinski definition) is 2. The van der Waals surface area contributed by atoms with Crippen molar-refractivity contribution < 1.29 is 33.8 Å². The van der Waals surface area contributed by atoms with Crippen molar-refractivity contribution in [2.75, 3.05) is 24.6 Å². The molecule has 3 aliphatic rings. The Kier molecular flexibility index (Phi) is 11.5. The molecule has 3 heterocycles. The summed E-state index contributed by atoms with van der Waals surface area (Å²) in [5.41, 5.74) is -0.909. The summed E-state index contributed by atoms with van der Waals surface area (Å²) in [5, 5.41) is 13.6. The van der Waals surface area contributed by atoms with Crippen LogP contribution in [-0.4, -0.2) is 88.1 Å². The number of nitrogens with zero attached hydrogens (tertiary/aromatic N) is 2. The van der Waals surface area contributed by atoms with Crippen molar-refractivity contribution in [2.24, 2.45) is 17.8 Å². The van der Waals surface area contributed by atoms with E-state index in [1.54, 1.807) is 43.3 Å². The number of benzene rings is 1. The molecule has 0 saturated carbocycles. The number of allylic oxidation sites excluding steroid dienone is 1. The summed E-state index contributed by atoms with van der Waals surface area (Å²) in [5.74, 6) is -3.60. The molecule has 2 bridgehead atoms. The molecular weight excluding hydrogens is 666 g/mol. The largest absolute Gasteiger partial charge is 0.460 e. The number of carbonyl (C=O) groups excluding carboxylic acids is 4. The minimum atomic E-state index is -1.36. The summed E-state index contributed by atoms with van der Waals surface area (Å²) in [6.45, 7) is 12.9. The lowest BCUT2D eigenvalue weighted by molar-refractivity contribution is -0.159.